The molecule has 1 aromatic heterocycles. The second kappa shape index (κ2) is 10.3. The van der Waals surface area contributed by atoms with Gasteiger partial charge in [0.2, 0.25) is 0 Å². The number of nitrogens with zero attached hydrogens (tertiary/aromatic N) is 2. The summed E-state index contributed by atoms with van der Waals surface area (Å²) in [4.78, 5) is 21.7. The van der Waals surface area contributed by atoms with Crippen LogP contribution in [-0.2, 0) is 17.0 Å². The lowest BCUT2D eigenvalue weighted by atomic mass is 10.1. The Kier molecular flexibility index (Phi) is 7.55. The maximum atomic E-state index is 12.6. The SMILES string of the molecule is COC(=O)c1c(NCc2ccc(C)cc2)nc(SC)nc1SCc1ccccc1. The summed E-state index contributed by atoms with van der Waals surface area (Å²) in [6.45, 7) is 2.61. The third kappa shape index (κ3) is 5.74. The van der Waals surface area contributed by atoms with Gasteiger partial charge in [-0.3, -0.25) is 0 Å². The van der Waals surface area contributed by atoms with E-state index in [1.54, 1.807) is 0 Å². The standard InChI is InChI=1S/C22H23N3O2S2/c1-15-9-11-16(12-10-15)13-23-19-18(21(26)27-2)20(25-22(24-19)28-3)29-14-17-7-5-4-6-8-17/h4-12H,13-14H2,1-3H3,(H,23,24,25). The van der Waals surface area contributed by atoms with E-state index in [0.29, 0.717) is 33.9 Å². The molecule has 3 aromatic rings. The summed E-state index contributed by atoms with van der Waals surface area (Å²) in [5, 5.41) is 4.53. The van der Waals surface area contributed by atoms with Crippen LogP contribution in [0.25, 0.3) is 0 Å². The van der Waals surface area contributed by atoms with E-state index in [4.69, 9.17) is 4.74 Å². The van der Waals surface area contributed by atoms with Gasteiger partial charge in [0.15, 0.2) is 5.16 Å². The van der Waals surface area contributed by atoms with Crippen LogP contribution in [0.5, 0.6) is 0 Å². The van der Waals surface area contributed by atoms with E-state index in [1.165, 1.54) is 36.2 Å². The molecule has 0 saturated heterocycles. The Labute approximate surface area is 179 Å². The lowest BCUT2D eigenvalue weighted by molar-refractivity contribution is 0.0596. The minimum Gasteiger partial charge on any atom is -0.465 e. The predicted molar refractivity (Wildman–Crippen MR) is 120 cm³/mol. The molecule has 0 aliphatic carbocycles. The Morgan fingerprint density at radius 2 is 1.76 bits per heavy atom. The fourth-order valence-electron chi connectivity index (χ4n) is 2.65. The number of thioether (sulfide) groups is 2. The van der Waals surface area contributed by atoms with Crippen LogP contribution in [0, 0.1) is 6.92 Å². The number of nitrogens with one attached hydrogen (secondary N) is 1. The Morgan fingerprint density at radius 1 is 1.03 bits per heavy atom. The van der Waals surface area contributed by atoms with Crippen LogP contribution >= 0.6 is 23.5 Å². The molecular formula is C22H23N3O2S2. The Balaban J connectivity index is 1.90. The molecular weight excluding hydrogens is 402 g/mol. The van der Waals surface area contributed by atoms with Crippen LogP contribution in [-0.4, -0.2) is 29.3 Å². The lowest BCUT2D eigenvalue weighted by Crippen LogP contribution is -2.13. The van der Waals surface area contributed by atoms with Crippen molar-refractivity contribution in [2.75, 3.05) is 18.7 Å². The molecule has 7 heteroatoms. The zero-order valence-corrected chi connectivity index (χ0v) is 18.3. The number of carbonyl (C=O) groups is 1. The second-order valence-corrected chi connectivity index (χ2v) is 8.08. The first-order valence-electron chi connectivity index (χ1n) is 9.11. The van der Waals surface area contributed by atoms with Crippen molar-refractivity contribution >= 4 is 35.3 Å². The number of anilines is 1. The Hall–Kier alpha value is -2.51. The zero-order chi connectivity index (χ0) is 20.6. The molecule has 0 unspecified atom stereocenters. The van der Waals surface area contributed by atoms with Crippen molar-refractivity contribution < 1.29 is 9.53 Å². The molecule has 0 aliphatic rings. The average Bonchev–Trinajstić information content (AvgIpc) is 2.77. The normalized spacial score (nSPS) is 10.6. The molecule has 0 atom stereocenters. The maximum absolute atomic E-state index is 12.6. The topological polar surface area (TPSA) is 64.1 Å². The van der Waals surface area contributed by atoms with Gasteiger partial charge in [0.1, 0.15) is 16.4 Å². The number of hydrogen-bond donors (Lipinski definition) is 1. The van der Waals surface area contributed by atoms with E-state index in [9.17, 15) is 4.79 Å². The molecule has 0 saturated carbocycles. The molecule has 0 aliphatic heterocycles. The second-order valence-electron chi connectivity index (χ2n) is 6.34. The van der Waals surface area contributed by atoms with Crippen LogP contribution in [0.3, 0.4) is 0 Å². The van der Waals surface area contributed by atoms with Crippen molar-refractivity contribution in [3.05, 3.63) is 76.9 Å². The summed E-state index contributed by atoms with van der Waals surface area (Å²) in [6, 6.07) is 18.3. The van der Waals surface area contributed by atoms with E-state index in [0.717, 1.165) is 11.1 Å². The first-order valence-corrected chi connectivity index (χ1v) is 11.3. The van der Waals surface area contributed by atoms with E-state index >= 15 is 0 Å². The van der Waals surface area contributed by atoms with Gasteiger partial charge in [0, 0.05) is 12.3 Å². The molecule has 5 nitrogen and oxygen atoms in total. The summed E-state index contributed by atoms with van der Waals surface area (Å²) < 4.78 is 5.03. The van der Waals surface area contributed by atoms with Gasteiger partial charge < -0.3 is 10.1 Å². The molecule has 150 valence electrons. The smallest absolute Gasteiger partial charge is 0.344 e. The van der Waals surface area contributed by atoms with Gasteiger partial charge >= 0.3 is 5.97 Å². The molecule has 0 fully saturated rings. The average molecular weight is 426 g/mol. The Morgan fingerprint density at radius 3 is 2.41 bits per heavy atom. The fraction of sp³-hybridized carbons (Fsp3) is 0.227. The number of methoxy groups -OCH3 is 1. The summed E-state index contributed by atoms with van der Waals surface area (Å²) in [5.41, 5.74) is 3.84. The molecule has 3 rings (SSSR count). The molecule has 1 N–H and O–H groups in total. The number of hydrogen-bond acceptors (Lipinski definition) is 7. The largest absolute Gasteiger partial charge is 0.465 e. The summed E-state index contributed by atoms with van der Waals surface area (Å²) >= 11 is 2.95. The number of rotatable bonds is 8. The minimum absolute atomic E-state index is 0.373. The first-order chi connectivity index (χ1) is 14.1. The number of ether oxygens (including phenoxy) is 1. The monoisotopic (exact) mass is 425 g/mol. The van der Waals surface area contributed by atoms with E-state index in [-0.39, 0.29) is 0 Å². The van der Waals surface area contributed by atoms with Crippen molar-refractivity contribution in [1.29, 1.82) is 0 Å². The van der Waals surface area contributed by atoms with Gasteiger partial charge in [-0.1, -0.05) is 71.9 Å². The third-order valence-electron chi connectivity index (χ3n) is 4.23. The highest BCUT2D eigenvalue weighted by Gasteiger charge is 2.22. The fourth-order valence-corrected chi connectivity index (χ4v) is 4.04. The van der Waals surface area contributed by atoms with Gasteiger partial charge in [0.25, 0.3) is 0 Å². The van der Waals surface area contributed by atoms with Crippen molar-refractivity contribution in [2.45, 2.75) is 29.4 Å². The first kappa shape index (κ1) is 21.2. The van der Waals surface area contributed by atoms with E-state index < -0.39 is 5.97 Å². The zero-order valence-electron chi connectivity index (χ0n) is 16.6. The van der Waals surface area contributed by atoms with Gasteiger partial charge in [-0.25, -0.2) is 14.8 Å². The highest BCUT2D eigenvalue weighted by molar-refractivity contribution is 7.99. The summed E-state index contributed by atoms with van der Waals surface area (Å²) in [6.07, 6.45) is 1.92. The number of carbonyl (C=O) groups excluding carboxylic acids is 1. The molecule has 0 bridgehead atoms. The molecule has 0 radical (unpaired) electrons. The number of aryl methyl sites for hydroxylation is 1. The van der Waals surface area contributed by atoms with Gasteiger partial charge in [-0.05, 0) is 24.3 Å². The molecule has 1 heterocycles. The van der Waals surface area contributed by atoms with Crippen molar-refractivity contribution in [3.63, 3.8) is 0 Å². The van der Waals surface area contributed by atoms with Crippen molar-refractivity contribution in [3.8, 4) is 0 Å². The molecule has 0 amide bonds. The van der Waals surface area contributed by atoms with E-state index in [2.05, 4.69) is 58.6 Å². The van der Waals surface area contributed by atoms with E-state index in [1.807, 2.05) is 24.5 Å². The van der Waals surface area contributed by atoms with Crippen LogP contribution in [0.1, 0.15) is 27.0 Å². The van der Waals surface area contributed by atoms with Gasteiger partial charge in [0.05, 0.1) is 7.11 Å². The van der Waals surface area contributed by atoms with Crippen molar-refractivity contribution in [1.82, 2.24) is 9.97 Å². The quantitative estimate of drug-likeness (QED) is 0.230. The van der Waals surface area contributed by atoms with Crippen LogP contribution < -0.4 is 5.32 Å². The summed E-state index contributed by atoms with van der Waals surface area (Å²) in [7, 11) is 1.38. The lowest BCUT2D eigenvalue weighted by Gasteiger charge is -2.14. The highest BCUT2D eigenvalue weighted by Crippen LogP contribution is 2.31. The highest BCUT2D eigenvalue weighted by atomic mass is 32.2. The number of aromatic nitrogens is 2. The van der Waals surface area contributed by atoms with Crippen LogP contribution in [0.15, 0.2) is 64.8 Å². The number of esters is 1. The molecule has 29 heavy (non-hydrogen) atoms. The van der Waals surface area contributed by atoms with Crippen molar-refractivity contribution in [2.24, 2.45) is 0 Å². The third-order valence-corrected chi connectivity index (χ3v) is 5.82. The minimum atomic E-state index is -0.445. The van der Waals surface area contributed by atoms with Gasteiger partial charge in [-0.2, -0.15) is 0 Å². The maximum Gasteiger partial charge on any atom is 0.344 e. The predicted octanol–water partition coefficient (Wildman–Crippen LogP) is 5.20. The number of benzene rings is 2. The van der Waals surface area contributed by atoms with Gasteiger partial charge in [-0.15, -0.1) is 11.8 Å². The molecule has 2 aromatic carbocycles. The molecule has 0 spiro atoms. The Bertz CT molecular complexity index is 964. The van der Waals surface area contributed by atoms with Crippen LogP contribution in [0.4, 0.5) is 5.82 Å². The summed E-state index contributed by atoms with van der Waals surface area (Å²) in [5.74, 6) is 0.750. The van der Waals surface area contributed by atoms with Crippen LogP contribution in [0.2, 0.25) is 0 Å².